The number of hydrogen-bond donors (Lipinski definition) is 1. The first-order valence-corrected chi connectivity index (χ1v) is 17.5. The number of benzene rings is 4. The molecule has 4 rings (SSSR count). The van der Waals surface area contributed by atoms with Gasteiger partial charge in [0.2, 0.25) is 11.8 Å². The normalized spacial score (nSPS) is 11.9. The first-order valence-electron chi connectivity index (χ1n) is 15.3. The number of ether oxygens (including phenoxy) is 1. The number of aryl methyl sites for hydroxylation is 1. The van der Waals surface area contributed by atoms with Crippen LogP contribution in [0.15, 0.2) is 102 Å². The van der Waals surface area contributed by atoms with Gasteiger partial charge in [-0.25, -0.2) is 8.42 Å². The van der Waals surface area contributed by atoms with E-state index in [-0.39, 0.29) is 35.2 Å². The fourth-order valence-corrected chi connectivity index (χ4v) is 6.88. The molecule has 0 fully saturated rings. The summed E-state index contributed by atoms with van der Waals surface area (Å²) in [5.41, 5.74) is 2.43. The second-order valence-corrected chi connectivity index (χ2v) is 13.8. The van der Waals surface area contributed by atoms with Crippen molar-refractivity contribution in [1.29, 1.82) is 0 Å². The van der Waals surface area contributed by atoms with Gasteiger partial charge in [0.1, 0.15) is 18.3 Å². The summed E-state index contributed by atoms with van der Waals surface area (Å²) in [7, 11) is -2.83. The Morgan fingerprint density at radius 2 is 1.55 bits per heavy atom. The van der Waals surface area contributed by atoms with Crippen LogP contribution in [-0.4, -0.2) is 51.4 Å². The van der Waals surface area contributed by atoms with E-state index in [1.165, 1.54) is 24.1 Å². The van der Waals surface area contributed by atoms with E-state index in [1.54, 1.807) is 54.6 Å². The average molecular weight is 697 g/mol. The van der Waals surface area contributed by atoms with Crippen LogP contribution >= 0.6 is 23.2 Å². The van der Waals surface area contributed by atoms with Crippen LogP contribution in [0.5, 0.6) is 5.75 Å². The molecular weight excluding hydrogens is 657 g/mol. The van der Waals surface area contributed by atoms with Gasteiger partial charge in [-0.2, -0.15) is 0 Å². The van der Waals surface area contributed by atoms with Gasteiger partial charge in [0.05, 0.1) is 27.7 Å². The molecular formula is C36H39Cl2N3O5S. The molecule has 0 aliphatic heterocycles. The molecule has 0 saturated heterocycles. The van der Waals surface area contributed by atoms with Crippen LogP contribution in [0, 0.1) is 6.92 Å². The first kappa shape index (κ1) is 35.8. The molecule has 4 aromatic rings. The Kier molecular flexibility index (Phi) is 12.7. The highest BCUT2D eigenvalue weighted by molar-refractivity contribution is 7.92. The van der Waals surface area contributed by atoms with Gasteiger partial charge in [-0.05, 0) is 66.4 Å². The number of nitrogens with zero attached hydrogens (tertiary/aromatic N) is 2. The number of amides is 2. The van der Waals surface area contributed by atoms with Crippen molar-refractivity contribution in [3.63, 3.8) is 0 Å². The van der Waals surface area contributed by atoms with Crippen LogP contribution < -0.4 is 14.4 Å². The molecule has 11 heteroatoms. The Hall–Kier alpha value is -4.05. The number of rotatable bonds is 15. The number of sulfonamides is 1. The highest BCUT2D eigenvalue weighted by Gasteiger charge is 2.35. The molecule has 0 heterocycles. The van der Waals surface area contributed by atoms with Gasteiger partial charge in [0.25, 0.3) is 10.0 Å². The molecule has 0 aliphatic rings. The van der Waals surface area contributed by atoms with Crippen molar-refractivity contribution in [1.82, 2.24) is 10.2 Å². The third-order valence-corrected chi connectivity index (χ3v) is 10.2. The predicted molar refractivity (Wildman–Crippen MR) is 188 cm³/mol. The van der Waals surface area contributed by atoms with Crippen LogP contribution in [0.3, 0.4) is 0 Å². The minimum Gasteiger partial charge on any atom is -0.495 e. The first-order chi connectivity index (χ1) is 22.5. The van der Waals surface area contributed by atoms with Gasteiger partial charge < -0.3 is 15.0 Å². The van der Waals surface area contributed by atoms with E-state index in [4.69, 9.17) is 27.9 Å². The van der Waals surface area contributed by atoms with Gasteiger partial charge in [-0.3, -0.25) is 13.9 Å². The maximum absolute atomic E-state index is 14.7. The van der Waals surface area contributed by atoms with Crippen LogP contribution in [-0.2, 0) is 32.6 Å². The highest BCUT2D eigenvalue weighted by Crippen LogP contribution is 2.34. The van der Waals surface area contributed by atoms with Gasteiger partial charge in [0.15, 0.2) is 0 Å². The van der Waals surface area contributed by atoms with Crippen molar-refractivity contribution in [2.24, 2.45) is 0 Å². The third kappa shape index (κ3) is 9.28. The number of methoxy groups -OCH3 is 1. The Labute approximate surface area is 287 Å². The molecule has 1 atom stereocenters. The molecule has 47 heavy (non-hydrogen) atoms. The summed E-state index contributed by atoms with van der Waals surface area (Å²) >= 11 is 12.6. The zero-order valence-corrected chi connectivity index (χ0v) is 29.0. The van der Waals surface area contributed by atoms with Crippen molar-refractivity contribution in [3.05, 3.63) is 124 Å². The summed E-state index contributed by atoms with van der Waals surface area (Å²) in [6.45, 7) is 3.65. The van der Waals surface area contributed by atoms with Crippen molar-refractivity contribution in [2.75, 3.05) is 24.5 Å². The SMILES string of the molecule is CCCCNC(=O)C(Cc1ccccc1)N(Cc1ccc(Cl)c(Cl)c1)C(=O)CN(c1cc(C)ccc1OC)S(=O)(=O)c1ccccc1. The molecule has 8 nitrogen and oxygen atoms in total. The van der Waals surface area contributed by atoms with E-state index in [1.807, 2.05) is 44.2 Å². The number of carbonyl (C=O) groups excluding carboxylic acids is 2. The predicted octanol–water partition coefficient (Wildman–Crippen LogP) is 7.06. The summed E-state index contributed by atoms with van der Waals surface area (Å²) in [6.07, 6.45) is 1.84. The lowest BCUT2D eigenvalue weighted by Crippen LogP contribution is -2.53. The minimum atomic E-state index is -4.27. The molecule has 0 bridgehead atoms. The Bertz CT molecular complexity index is 1770. The van der Waals surface area contributed by atoms with Crippen LogP contribution in [0.2, 0.25) is 10.0 Å². The lowest BCUT2D eigenvalue weighted by atomic mass is 10.0. The average Bonchev–Trinajstić information content (AvgIpc) is 3.07. The molecule has 0 aliphatic carbocycles. The van der Waals surface area contributed by atoms with Gasteiger partial charge >= 0.3 is 0 Å². The molecule has 1 unspecified atom stereocenters. The number of unbranched alkanes of at least 4 members (excludes halogenated alkanes) is 1. The van der Waals surface area contributed by atoms with Gasteiger partial charge in [0, 0.05) is 19.5 Å². The lowest BCUT2D eigenvalue weighted by Gasteiger charge is -2.34. The topological polar surface area (TPSA) is 96.0 Å². The Morgan fingerprint density at radius 1 is 0.872 bits per heavy atom. The van der Waals surface area contributed by atoms with Crippen LogP contribution in [0.4, 0.5) is 5.69 Å². The Morgan fingerprint density at radius 3 is 2.19 bits per heavy atom. The molecule has 4 aromatic carbocycles. The summed E-state index contributed by atoms with van der Waals surface area (Å²) in [6, 6.07) is 26.4. The molecule has 248 valence electrons. The zero-order valence-electron chi connectivity index (χ0n) is 26.7. The highest BCUT2D eigenvalue weighted by atomic mass is 35.5. The summed E-state index contributed by atoms with van der Waals surface area (Å²) < 4.78 is 35.2. The molecule has 0 saturated carbocycles. The monoisotopic (exact) mass is 695 g/mol. The second kappa shape index (κ2) is 16.7. The number of nitrogens with one attached hydrogen (secondary N) is 1. The van der Waals surface area contributed by atoms with Crippen LogP contribution in [0.1, 0.15) is 36.5 Å². The van der Waals surface area contributed by atoms with E-state index in [2.05, 4.69) is 5.32 Å². The summed E-state index contributed by atoms with van der Waals surface area (Å²) in [5.74, 6) is -0.663. The fourth-order valence-electron chi connectivity index (χ4n) is 5.12. The van der Waals surface area contributed by atoms with E-state index < -0.39 is 28.5 Å². The van der Waals surface area contributed by atoms with Crippen molar-refractivity contribution in [2.45, 2.75) is 50.6 Å². The standard InChI is InChI=1S/C36H39Cl2N3O5S/c1-4-5-20-39-36(43)33(23-27-12-8-6-9-13-27)40(24-28-17-18-30(37)31(38)22-28)35(42)25-41(32-21-26(2)16-19-34(32)46-3)47(44,45)29-14-10-7-11-15-29/h6-19,21-22,33H,4-5,20,23-25H2,1-3H3,(H,39,43). The van der Waals surface area contributed by atoms with E-state index in [0.29, 0.717) is 22.2 Å². The fraction of sp³-hybridized carbons (Fsp3) is 0.278. The number of halogens is 2. The number of carbonyl (C=O) groups is 2. The maximum Gasteiger partial charge on any atom is 0.264 e. The second-order valence-electron chi connectivity index (χ2n) is 11.1. The van der Waals surface area contributed by atoms with Crippen molar-refractivity contribution >= 4 is 50.7 Å². The quantitative estimate of drug-likeness (QED) is 0.134. The lowest BCUT2D eigenvalue weighted by molar-refractivity contribution is -0.140. The van der Waals surface area contributed by atoms with E-state index >= 15 is 0 Å². The van der Waals surface area contributed by atoms with Gasteiger partial charge in [-0.1, -0.05) is 97.2 Å². The molecule has 0 aromatic heterocycles. The van der Waals surface area contributed by atoms with Crippen LogP contribution in [0.25, 0.3) is 0 Å². The van der Waals surface area contributed by atoms with E-state index in [0.717, 1.165) is 28.3 Å². The third-order valence-electron chi connectivity index (χ3n) is 7.65. The molecule has 0 radical (unpaired) electrons. The van der Waals surface area contributed by atoms with Gasteiger partial charge in [-0.15, -0.1) is 0 Å². The molecule has 0 spiro atoms. The van der Waals surface area contributed by atoms with Crippen molar-refractivity contribution < 1.29 is 22.7 Å². The zero-order chi connectivity index (χ0) is 34.0. The Balaban J connectivity index is 1.84. The number of anilines is 1. The largest absolute Gasteiger partial charge is 0.495 e. The van der Waals surface area contributed by atoms with Crippen molar-refractivity contribution in [3.8, 4) is 5.75 Å². The summed E-state index contributed by atoms with van der Waals surface area (Å²) in [5, 5.41) is 3.62. The smallest absolute Gasteiger partial charge is 0.264 e. The number of hydrogen-bond acceptors (Lipinski definition) is 5. The summed E-state index contributed by atoms with van der Waals surface area (Å²) in [4.78, 5) is 30.0. The maximum atomic E-state index is 14.7. The van der Waals surface area contributed by atoms with E-state index in [9.17, 15) is 18.0 Å². The minimum absolute atomic E-state index is 0.00513. The molecule has 1 N–H and O–H groups in total. The molecule has 2 amide bonds.